The van der Waals surface area contributed by atoms with Crippen LogP contribution in [-0.4, -0.2) is 71.2 Å². The second-order valence-electron chi connectivity index (χ2n) is 19.8. The van der Waals surface area contributed by atoms with Crippen LogP contribution in [-0.2, 0) is 0 Å². The third-order valence-corrected chi connectivity index (χ3v) is 14.1. The van der Waals surface area contributed by atoms with Crippen LogP contribution in [0.2, 0.25) is 0 Å². The van der Waals surface area contributed by atoms with Crippen molar-refractivity contribution in [3.63, 3.8) is 0 Å². The molecule has 0 fully saturated rings. The molecular weight excluding hydrogens is 1060 g/mol. The molecule has 0 amide bonds. The standard InChI is InChI=1S/3C18H15NO2.C17H14N2O2.CH4/c3*20-17(13-4-2-1-3-5-13)8-9-18(21)15-6-7-16-14(12-15)10-11-19-16;20-16(6-7-17(21)15-3-1-2-9-18-15)13-4-5-14-12(11-13)8-10-19-14;/h3*1-7,10-12,19H,8-9H2;1-5,8-11,19H,6-7H2;1H4. The lowest BCUT2D eigenvalue weighted by molar-refractivity contribution is 0.0915. The fraction of sp³-hybridized carbons (Fsp3) is 0.125. The van der Waals surface area contributed by atoms with E-state index in [-0.39, 0.29) is 105 Å². The molecule has 12 rings (SSSR count). The molecular formula is C72H63N5O8. The highest BCUT2D eigenvalue weighted by Crippen LogP contribution is 2.21. The second kappa shape index (κ2) is 29.8. The van der Waals surface area contributed by atoms with Crippen LogP contribution in [0.5, 0.6) is 0 Å². The summed E-state index contributed by atoms with van der Waals surface area (Å²) in [5, 5.41) is 4.03. The van der Waals surface area contributed by atoms with E-state index in [1.807, 2.05) is 152 Å². The average molecular weight is 1130 g/mol. The Balaban J connectivity index is 0.000000147. The van der Waals surface area contributed by atoms with E-state index in [0.29, 0.717) is 44.6 Å². The molecule has 0 aliphatic rings. The third kappa shape index (κ3) is 16.7. The molecule has 5 heterocycles. The average Bonchev–Trinajstić information content (AvgIpc) is 4.56. The number of pyridine rings is 1. The van der Waals surface area contributed by atoms with Crippen LogP contribution in [0.25, 0.3) is 43.6 Å². The van der Waals surface area contributed by atoms with Gasteiger partial charge in [-0.2, -0.15) is 0 Å². The van der Waals surface area contributed by atoms with E-state index in [1.165, 1.54) is 0 Å². The van der Waals surface area contributed by atoms with Crippen molar-refractivity contribution >= 4 is 89.9 Å². The predicted molar refractivity (Wildman–Crippen MR) is 335 cm³/mol. The van der Waals surface area contributed by atoms with Crippen LogP contribution in [0.3, 0.4) is 0 Å². The number of hydrogen-bond donors (Lipinski definition) is 4. The molecule has 0 radical (unpaired) electrons. The Hall–Kier alpha value is -10.8. The monoisotopic (exact) mass is 1130 g/mol. The lowest BCUT2D eigenvalue weighted by Crippen LogP contribution is -2.06. The van der Waals surface area contributed by atoms with Gasteiger partial charge in [0.05, 0.1) is 0 Å². The first kappa shape index (κ1) is 60.3. The highest BCUT2D eigenvalue weighted by Gasteiger charge is 2.16. The summed E-state index contributed by atoms with van der Waals surface area (Å²) in [5.41, 5.74) is 9.00. The van der Waals surface area contributed by atoms with Crippen LogP contribution in [0.1, 0.15) is 142 Å². The van der Waals surface area contributed by atoms with Crippen molar-refractivity contribution < 1.29 is 38.4 Å². The number of nitrogens with zero attached hydrogens (tertiary/aromatic N) is 1. The molecule has 0 aliphatic heterocycles. The minimum atomic E-state index is -0.105. The number of hydrogen-bond acceptors (Lipinski definition) is 9. The first-order valence-electron chi connectivity index (χ1n) is 27.6. The number of aromatic amines is 4. The number of benzene rings is 7. The second-order valence-corrected chi connectivity index (χ2v) is 19.8. The van der Waals surface area contributed by atoms with E-state index >= 15 is 0 Å². The van der Waals surface area contributed by atoms with Crippen molar-refractivity contribution in [3.05, 3.63) is 282 Å². The number of H-pyrrole nitrogens is 4. The van der Waals surface area contributed by atoms with Crippen LogP contribution < -0.4 is 0 Å². The quantitative estimate of drug-likeness (QED) is 0.0534. The maximum absolute atomic E-state index is 12.2. The number of carbonyl (C=O) groups excluding carboxylic acids is 8. The maximum atomic E-state index is 12.2. The summed E-state index contributed by atoms with van der Waals surface area (Å²) in [6.45, 7) is 0. The number of Topliss-reactive ketones (excluding diaryl/α,β-unsaturated/α-hetero) is 8. The van der Waals surface area contributed by atoms with E-state index in [1.54, 1.807) is 85.1 Å². The summed E-state index contributed by atoms with van der Waals surface area (Å²) in [5.74, 6) is -0.105. The first-order valence-corrected chi connectivity index (χ1v) is 27.6. The van der Waals surface area contributed by atoms with Crippen LogP contribution in [0.4, 0.5) is 0 Å². The smallest absolute Gasteiger partial charge is 0.181 e. The lowest BCUT2D eigenvalue weighted by Gasteiger charge is -2.02. The van der Waals surface area contributed by atoms with Crippen molar-refractivity contribution in [2.75, 3.05) is 0 Å². The van der Waals surface area contributed by atoms with Crippen molar-refractivity contribution in [2.24, 2.45) is 0 Å². The predicted octanol–water partition coefficient (Wildman–Crippen LogP) is 16.1. The molecule has 0 saturated heterocycles. The Labute approximate surface area is 491 Å². The number of rotatable bonds is 20. The Morgan fingerprint density at radius 1 is 0.259 bits per heavy atom. The van der Waals surface area contributed by atoms with Gasteiger partial charge in [-0.05, 0) is 109 Å². The van der Waals surface area contributed by atoms with Crippen molar-refractivity contribution in [3.8, 4) is 0 Å². The van der Waals surface area contributed by atoms with Crippen molar-refractivity contribution in [1.82, 2.24) is 24.9 Å². The Morgan fingerprint density at radius 3 is 0.765 bits per heavy atom. The van der Waals surface area contributed by atoms with Gasteiger partial charge in [0.15, 0.2) is 46.3 Å². The molecule has 13 heteroatoms. The van der Waals surface area contributed by atoms with Gasteiger partial charge in [0.2, 0.25) is 0 Å². The van der Waals surface area contributed by atoms with E-state index in [2.05, 4.69) is 24.9 Å². The Kier molecular flexibility index (Phi) is 21.1. The highest BCUT2D eigenvalue weighted by molar-refractivity contribution is 6.06. The number of carbonyl (C=O) groups is 8. The zero-order valence-corrected chi connectivity index (χ0v) is 45.9. The zero-order chi connectivity index (χ0) is 58.6. The summed E-state index contributed by atoms with van der Waals surface area (Å²) in [4.78, 5) is 113. The highest BCUT2D eigenvalue weighted by atomic mass is 16.2. The molecule has 0 atom stereocenters. The molecule has 4 N–H and O–H groups in total. The topological polar surface area (TPSA) is 213 Å². The van der Waals surface area contributed by atoms with E-state index in [9.17, 15) is 38.4 Å². The third-order valence-electron chi connectivity index (χ3n) is 14.1. The van der Waals surface area contributed by atoms with Gasteiger partial charge in [0.25, 0.3) is 0 Å². The van der Waals surface area contributed by atoms with Crippen LogP contribution >= 0.6 is 0 Å². The van der Waals surface area contributed by atoms with Crippen LogP contribution in [0, 0.1) is 0 Å². The molecule has 0 unspecified atom stereocenters. The molecule has 7 aromatic carbocycles. The van der Waals surface area contributed by atoms with Gasteiger partial charge in [-0.3, -0.25) is 43.3 Å². The van der Waals surface area contributed by atoms with Gasteiger partial charge in [0, 0.05) is 165 Å². The maximum Gasteiger partial charge on any atom is 0.181 e. The normalized spacial score (nSPS) is 10.5. The van der Waals surface area contributed by atoms with E-state index in [0.717, 1.165) is 43.6 Å². The number of aromatic nitrogens is 5. The first-order chi connectivity index (χ1) is 40.9. The SMILES string of the molecule is C.O=C(CCC(=O)c1ccc2[nH]ccc2c1)c1ccccc1.O=C(CCC(=O)c1ccc2[nH]ccc2c1)c1ccccc1.O=C(CCC(=O)c1ccc2[nH]ccc2c1)c1ccccc1.O=C(CCC(=O)c1ccccn1)c1ccc2[nH]ccc2c1. The molecule has 13 nitrogen and oxygen atoms in total. The van der Waals surface area contributed by atoms with Gasteiger partial charge in [-0.25, -0.2) is 0 Å². The summed E-state index contributed by atoms with van der Waals surface area (Å²) in [6.07, 6.45) is 10.8. The van der Waals surface area contributed by atoms with E-state index in [4.69, 9.17) is 0 Å². The van der Waals surface area contributed by atoms with Gasteiger partial charge in [-0.1, -0.05) is 104 Å². The summed E-state index contributed by atoms with van der Waals surface area (Å²) in [6, 6.07) is 62.3. The van der Waals surface area contributed by atoms with Crippen molar-refractivity contribution in [1.29, 1.82) is 0 Å². The summed E-state index contributed by atoms with van der Waals surface area (Å²) < 4.78 is 0. The van der Waals surface area contributed by atoms with Crippen LogP contribution in [0.15, 0.2) is 237 Å². The Bertz CT molecular complexity index is 3700. The van der Waals surface area contributed by atoms with Gasteiger partial charge >= 0.3 is 0 Å². The molecule has 5 aromatic heterocycles. The summed E-state index contributed by atoms with van der Waals surface area (Å²) >= 11 is 0. The number of nitrogens with one attached hydrogen (secondary N) is 4. The Morgan fingerprint density at radius 2 is 0.506 bits per heavy atom. The largest absolute Gasteiger partial charge is 0.361 e. The molecule has 0 spiro atoms. The lowest BCUT2D eigenvalue weighted by atomic mass is 10.0. The van der Waals surface area contributed by atoms with Crippen molar-refractivity contribution in [2.45, 2.75) is 58.8 Å². The number of ketones is 8. The fourth-order valence-electron chi connectivity index (χ4n) is 9.35. The molecule has 0 aliphatic carbocycles. The minimum Gasteiger partial charge on any atom is -0.361 e. The molecule has 12 aromatic rings. The van der Waals surface area contributed by atoms with Gasteiger partial charge in [-0.15, -0.1) is 0 Å². The molecule has 0 bridgehead atoms. The van der Waals surface area contributed by atoms with Gasteiger partial charge in [0.1, 0.15) is 5.69 Å². The number of fused-ring (bicyclic) bond motifs is 4. The van der Waals surface area contributed by atoms with E-state index < -0.39 is 0 Å². The summed E-state index contributed by atoms with van der Waals surface area (Å²) in [7, 11) is 0. The van der Waals surface area contributed by atoms with Gasteiger partial charge < -0.3 is 19.9 Å². The molecule has 85 heavy (non-hydrogen) atoms. The fourth-order valence-corrected chi connectivity index (χ4v) is 9.35. The minimum absolute atomic E-state index is 0. The molecule has 424 valence electrons. The zero-order valence-electron chi connectivity index (χ0n) is 45.9. The molecule has 0 saturated carbocycles.